The minimum absolute atomic E-state index is 0.0974. The van der Waals surface area contributed by atoms with Crippen molar-refractivity contribution in [3.8, 4) is 0 Å². The average Bonchev–Trinajstić information content (AvgIpc) is 2.74. The molecule has 2 rings (SSSR count). The van der Waals surface area contributed by atoms with Gasteiger partial charge in [0, 0.05) is 18.8 Å². The molecule has 0 unspecified atom stereocenters. The molecule has 1 aliphatic heterocycles. The molecule has 0 aliphatic carbocycles. The highest BCUT2D eigenvalue weighted by atomic mass is 32.1. The van der Waals surface area contributed by atoms with Crippen molar-refractivity contribution in [2.24, 2.45) is 0 Å². The van der Waals surface area contributed by atoms with Crippen LogP contribution in [-0.2, 0) is 12.4 Å². The first-order valence-corrected chi connectivity index (χ1v) is 7.83. The van der Waals surface area contributed by atoms with Gasteiger partial charge >= 0.3 is 12.4 Å². The maximum Gasteiger partial charge on any atom is 0.416 e. The van der Waals surface area contributed by atoms with Gasteiger partial charge < -0.3 is 10.2 Å². The van der Waals surface area contributed by atoms with Gasteiger partial charge in [-0.25, -0.2) is 0 Å². The molecule has 0 radical (unpaired) electrons. The zero-order valence-electron chi connectivity index (χ0n) is 12.6. The third-order valence-electron chi connectivity index (χ3n) is 3.73. The molecule has 9 heteroatoms. The molecule has 1 aromatic carbocycles. The fourth-order valence-electron chi connectivity index (χ4n) is 2.50. The molecular formula is C15H16F6N2S. The van der Waals surface area contributed by atoms with Crippen molar-refractivity contribution in [1.29, 1.82) is 0 Å². The molecule has 0 spiro atoms. The third-order valence-corrected chi connectivity index (χ3v) is 4.09. The van der Waals surface area contributed by atoms with Crippen molar-refractivity contribution >= 4 is 23.0 Å². The summed E-state index contributed by atoms with van der Waals surface area (Å²) in [4.78, 5) is 1.77. The summed E-state index contributed by atoms with van der Waals surface area (Å²) in [7, 11) is 0. The molecule has 1 heterocycles. The Bertz CT molecular complexity index is 556. The molecule has 1 aromatic rings. The Hall–Kier alpha value is -1.51. The van der Waals surface area contributed by atoms with E-state index in [9.17, 15) is 26.3 Å². The van der Waals surface area contributed by atoms with Gasteiger partial charge in [-0.3, -0.25) is 0 Å². The van der Waals surface area contributed by atoms with Gasteiger partial charge in [-0.1, -0.05) is 12.8 Å². The lowest BCUT2D eigenvalue weighted by Gasteiger charge is -2.24. The van der Waals surface area contributed by atoms with E-state index in [1.807, 2.05) is 0 Å². The Morgan fingerprint density at radius 3 is 1.71 bits per heavy atom. The van der Waals surface area contributed by atoms with E-state index in [4.69, 9.17) is 12.2 Å². The number of halogens is 6. The first-order chi connectivity index (χ1) is 11.1. The zero-order chi connectivity index (χ0) is 18.0. The predicted molar refractivity (Wildman–Crippen MR) is 82.7 cm³/mol. The fraction of sp³-hybridized carbons (Fsp3) is 0.533. The number of anilines is 1. The lowest BCUT2D eigenvalue weighted by molar-refractivity contribution is -0.143. The first kappa shape index (κ1) is 18.8. The van der Waals surface area contributed by atoms with E-state index in [0.717, 1.165) is 25.7 Å². The van der Waals surface area contributed by atoms with Crippen LogP contribution >= 0.6 is 12.2 Å². The van der Waals surface area contributed by atoms with Crippen LogP contribution in [-0.4, -0.2) is 23.1 Å². The number of hydrogen-bond acceptors (Lipinski definition) is 1. The van der Waals surface area contributed by atoms with Gasteiger partial charge in [0.05, 0.1) is 11.1 Å². The summed E-state index contributed by atoms with van der Waals surface area (Å²) in [5, 5.41) is 2.66. The number of nitrogens with zero attached hydrogens (tertiary/aromatic N) is 1. The number of benzene rings is 1. The highest BCUT2D eigenvalue weighted by Gasteiger charge is 2.37. The third kappa shape index (κ3) is 4.99. The molecule has 0 atom stereocenters. The molecule has 0 aromatic heterocycles. The van der Waals surface area contributed by atoms with Crippen molar-refractivity contribution in [2.75, 3.05) is 18.4 Å². The van der Waals surface area contributed by atoms with Crippen molar-refractivity contribution < 1.29 is 26.3 Å². The molecule has 0 amide bonds. The van der Waals surface area contributed by atoms with Crippen LogP contribution in [0.15, 0.2) is 18.2 Å². The predicted octanol–water partition coefficient (Wildman–Crippen LogP) is 5.30. The van der Waals surface area contributed by atoms with E-state index in [2.05, 4.69) is 5.32 Å². The lowest BCUT2D eigenvalue weighted by atomic mass is 10.1. The Balaban J connectivity index is 2.26. The van der Waals surface area contributed by atoms with Crippen LogP contribution in [0.1, 0.15) is 36.8 Å². The van der Waals surface area contributed by atoms with E-state index in [1.54, 1.807) is 4.90 Å². The van der Waals surface area contributed by atoms with Crippen LogP contribution in [0.25, 0.3) is 0 Å². The minimum Gasteiger partial charge on any atom is -0.349 e. The SMILES string of the molecule is FC(F)(F)c1cc(NC(=S)N2CCCCCC2)cc(C(F)(F)F)c1. The molecule has 1 N–H and O–H groups in total. The Morgan fingerprint density at radius 1 is 0.833 bits per heavy atom. The number of likely N-dealkylation sites (tertiary alicyclic amines) is 1. The van der Waals surface area contributed by atoms with E-state index in [-0.39, 0.29) is 16.9 Å². The number of rotatable bonds is 1. The van der Waals surface area contributed by atoms with Gasteiger partial charge in [0.2, 0.25) is 0 Å². The standard InChI is InChI=1S/C15H16F6N2S/c16-14(17,18)10-7-11(15(19,20)21)9-12(8-10)22-13(24)23-5-3-1-2-4-6-23/h7-9H,1-6H2,(H,22,24). The van der Waals surface area contributed by atoms with E-state index in [0.29, 0.717) is 25.2 Å². The summed E-state index contributed by atoms with van der Waals surface area (Å²) < 4.78 is 77.1. The Morgan fingerprint density at radius 2 is 1.29 bits per heavy atom. The maximum absolute atomic E-state index is 12.8. The number of alkyl halides is 6. The summed E-state index contributed by atoms with van der Waals surface area (Å²) in [5.74, 6) is 0. The summed E-state index contributed by atoms with van der Waals surface area (Å²) in [5.41, 5.74) is -3.04. The van der Waals surface area contributed by atoms with E-state index in [1.165, 1.54) is 0 Å². The van der Waals surface area contributed by atoms with Gasteiger partial charge in [0.15, 0.2) is 5.11 Å². The van der Waals surface area contributed by atoms with Crippen LogP contribution < -0.4 is 5.32 Å². The summed E-state index contributed by atoms with van der Waals surface area (Å²) in [6, 6.07) is 1.37. The van der Waals surface area contributed by atoms with Crippen LogP contribution in [0.4, 0.5) is 32.0 Å². The van der Waals surface area contributed by atoms with Gasteiger partial charge in [0.1, 0.15) is 0 Å². The molecule has 24 heavy (non-hydrogen) atoms. The van der Waals surface area contributed by atoms with Crippen molar-refractivity contribution in [2.45, 2.75) is 38.0 Å². The van der Waals surface area contributed by atoms with Crippen molar-refractivity contribution in [3.63, 3.8) is 0 Å². The number of nitrogens with one attached hydrogen (secondary N) is 1. The summed E-state index contributed by atoms with van der Waals surface area (Å²) in [6.45, 7) is 1.27. The summed E-state index contributed by atoms with van der Waals surface area (Å²) >= 11 is 5.14. The quantitative estimate of drug-likeness (QED) is 0.534. The Kier molecular flexibility index (Phi) is 5.62. The molecule has 0 saturated carbocycles. The van der Waals surface area contributed by atoms with Crippen LogP contribution in [0.5, 0.6) is 0 Å². The highest BCUT2D eigenvalue weighted by molar-refractivity contribution is 7.80. The lowest BCUT2D eigenvalue weighted by Crippen LogP contribution is -2.35. The van der Waals surface area contributed by atoms with Crippen LogP contribution in [0, 0.1) is 0 Å². The van der Waals surface area contributed by atoms with Crippen LogP contribution in [0.3, 0.4) is 0 Å². The highest BCUT2D eigenvalue weighted by Crippen LogP contribution is 2.37. The second-order valence-electron chi connectivity index (χ2n) is 5.63. The smallest absolute Gasteiger partial charge is 0.349 e. The first-order valence-electron chi connectivity index (χ1n) is 7.43. The molecule has 0 bridgehead atoms. The van der Waals surface area contributed by atoms with E-state index < -0.39 is 23.5 Å². The van der Waals surface area contributed by atoms with Crippen molar-refractivity contribution in [3.05, 3.63) is 29.3 Å². The van der Waals surface area contributed by atoms with Crippen molar-refractivity contribution in [1.82, 2.24) is 4.90 Å². The van der Waals surface area contributed by atoms with Gasteiger partial charge in [-0.2, -0.15) is 26.3 Å². The summed E-state index contributed by atoms with van der Waals surface area (Å²) in [6.07, 6.45) is -5.91. The molecular weight excluding hydrogens is 354 g/mol. The van der Waals surface area contributed by atoms with Gasteiger partial charge in [0.25, 0.3) is 0 Å². The van der Waals surface area contributed by atoms with E-state index >= 15 is 0 Å². The second kappa shape index (κ2) is 7.16. The minimum atomic E-state index is -4.87. The molecule has 2 nitrogen and oxygen atoms in total. The molecule has 1 aliphatic rings. The zero-order valence-corrected chi connectivity index (χ0v) is 13.4. The second-order valence-corrected chi connectivity index (χ2v) is 6.01. The monoisotopic (exact) mass is 370 g/mol. The average molecular weight is 370 g/mol. The fourth-order valence-corrected chi connectivity index (χ4v) is 2.80. The molecule has 1 fully saturated rings. The topological polar surface area (TPSA) is 15.3 Å². The van der Waals surface area contributed by atoms with Gasteiger partial charge in [-0.15, -0.1) is 0 Å². The molecule has 134 valence electrons. The van der Waals surface area contributed by atoms with Gasteiger partial charge in [-0.05, 0) is 43.3 Å². The normalized spacial score (nSPS) is 16.7. The van der Waals surface area contributed by atoms with Crippen LogP contribution in [0.2, 0.25) is 0 Å². The number of hydrogen-bond donors (Lipinski definition) is 1. The Labute approximate surface area is 140 Å². The largest absolute Gasteiger partial charge is 0.416 e. The molecule has 1 saturated heterocycles. The number of thiocarbonyl (C=S) groups is 1. The maximum atomic E-state index is 12.8.